The zero-order valence-corrected chi connectivity index (χ0v) is 12.0. The Morgan fingerprint density at radius 3 is 2.62 bits per heavy atom. The molecule has 1 spiro atoms. The van der Waals surface area contributed by atoms with Crippen molar-refractivity contribution >= 4 is 5.82 Å². The van der Waals surface area contributed by atoms with E-state index < -0.39 is 11.9 Å². The van der Waals surface area contributed by atoms with Crippen molar-refractivity contribution in [1.82, 2.24) is 4.98 Å². The maximum absolute atomic E-state index is 12.8. The number of rotatable bonds is 1. The van der Waals surface area contributed by atoms with Crippen molar-refractivity contribution in [3.63, 3.8) is 0 Å². The smallest absolute Gasteiger partial charge is 0.381 e. The van der Waals surface area contributed by atoms with Gasteiger partial charge in [0.15, 0.2) is 0 Å². The van der Waals surface area contributed by atoms with E-state index in [1.165, 1.54) is 6.07 Å². The van der Waals surface area contributed by atoms with Gasteiger partial charge in [-0.3, -0.25) is 0 Å². The SMILES string of the molecule is C[C@H]1N(c2cccc(C(F)(F)F)n2)CCC12CCOCC2. The fourth-order valence-corrected chi connectivity index (χ4v) is 3.58. The Bertz CT molecular complexity index is 512. The van der Waals surface area contributed by atoms with Crippen LogP contribution in [0.5, 0.6) is 0 Å². The highest BCUT2D eigenvalue weighted by Crippen LogP contribution is 2.46. The molecule has 0 amide bonds. The summed E-state index contributed by atoms with van der Waals surface area (Å²) in [6.07, 6.45) is -1.45. The van der Waals surface area contributed by atoms with E-state index in [2.05, 4.69) is 11.9 Å². The van der Waals surface area contributed by atoms with Crippen molar-refractivity contribution in [3.8, 4) is 0 Å². The zero-order chi connectivity index (χ0) is 15.1. The predicted octanol–water partition coefficient (Wildman–Crippen LogP) is 3.50. The van der Waals surface area contributed by atoms with E-state index in [1.54, 1.807) is 6.07 Å². The third-order valence-corrected chi connectivity index (χ3v) is 5.01. The predicted molar refractivity (Wildman–Crippen MR) is 73.2 cm³/mol. The highest BCUT2D eigenvalue weighted by Gasteiger charge is 2.46. The van der Waals surface area contributed by atoms with Crippen molar-refractivity contribution in [2.75, 3.05) is 24.7 Å². The standard InChI is InChI=1S/C15H19F3N2O/c1-11-14(6-9-21-10-7-14)5-8-20(11)13-4-2-3-12(19-13)15(16,17)18/h2-4,11H,5-10H2,1H3/t11-/m1/s1. The number of pyridine rings is 1. The van der Waals surface area contributed by atoms with Gasteiger partial charge in [0.1, 0.15) is 11.5 Å². The van der Waals surface area contributed by atoms with Gasteiger partial charge >= 0.3 is 6.18 Å². The first-order valence-corrected chi connectivity index (χ1v) is 7.31. The van der Waals surface area contributed by atoms with E-state index in [4.69, 9.17) is 4.74 Å². The van der Waals surface area contributed by atoms with Crippen LogP contribution in [0.15, 0.2) is 18.2 Å². The summed E-state index contributed by atoms with van der Waals surface area (Å²) in [5.41, 5.74) is -0.658. The number of ether oxygens (including phenoxy) is 1. The van der Waals surface area contributed by atoms with Gasteiger partial charge in [0.2, 0.25) is 0 Å². The summed E-state index contributed by atoms with van der Waals surface area (Å²) < 4.78 is 43.8. The van der Waals surface area contributed by atoms with Gasteiger partial charge in [0.25, 0.3) is 0 Å². The van der Waals surface area contributed by atoms with Crippen LogP contribution in [-0.2, 0) is 10.9 Å². The minimum Gasteiger partial charge on any atom is -0.381 e. The third kappa shape index (κ3) is 2.61. The van der Waals surface area contributed by atoms with Crippen molar-refractivity contribution in [2.45, 2.75) is 38.4 Å². The summed E-state index contributed by atoms with van der Waals surface area (Å²) in [6.45, 7) is 4.35. The third-order valence-electron chi connectivity index (χ3n) is 5.01. The highest BCUT2D eigenvalue weighted by atomic mass is 19.4. The lowest BCUT2D eigenvalue weighted by atomic mass is 9.74. The summed E-state index contributed by atoms with van der Waals surface area (Å²) >= 11 is 0. The largest absolute Gasteiger partial charge is 0.433 e. The lowest BCUT2D eigenvalue weighted by molar-refractivity contribution is -0.141. The molecule has 0 bridgehead atoms. The van der Waals surface area contributed by atoms with Crippen molar-refractivity contribution in [2.24, 2.45) is 5.41 Å². The normalized spacial score (nSPS) is 25.5. The van der Waals surface area contributed by atoms with Crippen LogP contribution >= 0.6 is 0 Å². The Hall–Kier alpha value is -1.30. The van der Waals surface area contributed by atoms with E-state index in [0.29, 0.717) is 5.82 Å². The average Bonchev–Trinajstić information content (AvgIpc) is 2.76. The summed E-state index contributed by atoms with van der Waals surface area (Å²) in [7, 11) is 0. The molecule has 0 N–H and O–H groups in total. The molecule has 1 aromatic heterocycles. The fraction of sp³-hybridized carbons (Fsp3) is 0.667. The Labute approximate surface area is 122 Å². The average molecular weight is 300 g/mol. The van der Waals surface area contributed by atoms with Gasteiger partial charge in [-0.1, -0.05) is 6.07 Å². The van der Waals surface area contributed by atoms with Gasteiger partial charge in [-0.15, -0.1) is 0 Å². The molecule has 2 aliphatic heterocycles. The summed E-state index contributed by atoms with van der Waals surface area (Å²) in [6, 6.07) is 4.32. The molecule has 0 unspecified atom stereocenters. The molecule has 0 aliphatic carbocycles. The van der Waals surface area contributed by atoms with Crippen LogP contribution in [0.25, 0.3) is 0 Å². The first-order chi connectivity index (χ1) is 9.92. The Morgan fingerprint density at radius 1 is 1.24 bits per heavy atom. The fourth-order valence-electron chi connectivity index (χ4n) is 3.58. The maximum Gasteiger partial charge on any atom is 0.433 e. The number of nitrogens with zero attached hydrogens (tertiary/aromatic N) is 2. The van der Waals surface area contributed by atoms with E-state index in [-0.39, 0.29) is 11.5 Å². The van der Waals surface area contributed by atoms with E-state index >= 15 is 0 Å². The number of aromatic nitrogens is 1. The summed E-state index contributed by atoms with van der Waals surface area (Å²) in [5.74, 6) is 0.431. The second-order valence-corrected chi connectivity index (χ2v) is 5.97. The molecule has 6 heteroatoms. The van der Waals surface area contributed by atoms with Crippen LogP contribution in [0.3, 0.4) is 0 Å². The molecule has 2 fully saturated rings. The molecule has 3 heterocycles. The number of anilines is 1. The van der Waals surface area contributed by atoms with Crippen LogP contribution < -0.4 is 4.90 Å². The Morgan fingerprint density at radius 2 is 1.95 bits per heavy atom. The molecule has 2 saturated heterocycles. The van der Waals surface area contributed by atoms with E-state index in [0.717, 1.165) is 45.1 Å². The highest BCUT2D eigenvalue weighted by molar-refractivity contribution is 5.43. The zero-order valence-electron chi connectivity index (χ0n) is 12.0. The second kappa shape index (κ2) is 5.16. The molecule has 3 rings (SSSR count). The lowest BCUT2D eigenvalue weighted by Crippen LogP contribution is -2.41. The molecular weight excluding hydrogens is 281 g/mol. The quantitative estimate of drug-likeness (QED) is 0.794. The maximum atomic E-state index is 12.8. The number of hydrogen-bond donors (Lipinski definition) is 0. The van der Waals surface area contributed by atoms with Crippen molar-refractivity contribution < 1.29 is 17.9 Å². The van der Waals surface area contributed by atoms with Crippen LogP contribution in [0, 0.1) is 5.41 Å². The summed E-state index contributed by atoms with van der Waals surface area (Å²) in [5, 5.41) is 0. The van der Waals surface area contributed by atoms with Crippen LogP contribution in [0.1, 0.15) is 31.9 Å². The molecule has 0 aromatic carbocycles. The van der Waals surface area contributed by atoms with Gasteiger partial charge in [-0.25, -0.2) is 4.98 Å². The number of alkyl halides is 3. The monoisotopic (exact) mass is 300 g/mol. The van der Waals surface area contributed by atoms with Gasteiger partial charge in [-0.05, 0) is 43.7 Å². The van der Waals surface area contributed by atoms with Crippen molar-refractivity contribution in [3.05, 3.63) is 23.9 Å². The molecule has 2 aliphatic rings. The van der Waals surface area contributed by atoms with Crippen LogP contribution in [-0.4, -0.2) is 30.8 Å². The lowest BCUT2D eigenvalue weighted by Gasteiger charge is -2.39. The number of halogens is 3. The molecule has 0 saturated carbocycles. The topological polar surface area (TPSA) is 25.4 Å². The molecule has 0 radical (unpaired) electrons. The molecule has 1 aromatic rings. The minimum atomic E-state index is -4.39. The van der Waals surface area contributed by atoms with Gasteiger partial charge in [-0.2, -0.15) is 13.2 Å². The first kappa shape index (κ1) is 14.6. The minimum absolute atomic E-state index is 0.161. The second-order valence-electron chi connectivity index (χ2n) is 5.97. The van der Waals surface area contributed by atoms with Gasteiger partial charge < -0.3 is 9.64 Å². The molecular formula is C15H19F3N2O. The van der Waals surface area contributed by atoms with Crippen LogP contribution in [0.2, 0.25) is 0 Å². The van der Waals surface area contributed by atoms with E-state index in [9.17, 15) is 13.2 Å². The summed E-state index contributed by atoms with van der Waals surface area (Å²) in [4.78, 5) is 5.84. The first-order valence-electron chi connectivity index (χ1n) is 7.31. The van der Waals surface area contributed by atoms with Gasteiger partial charge in [0.05, 0.1) is 0 Å². The Kier molecular flexibility index (Phi) is 3.59. The van der Waals surface area contributed by atoms with E-state index in [1.807, 2.05) is 4.90 Å². The number of hydrogen-bond acceptors (Lipinski definition) is 3. The molecule has 3 nitrogen and oxygen atoms in total. The van der Waals surface area contributed by atoms with Gasteiger partial charge in [0, 0.05) is 25.8 Å². The molecule has 21 heavy (non-hydrogen) atoms. The molecule has 116 valence electrons. The Balaban J connectivity index is 1.85. The van der Waals surface area contributed by atoms with Crippen LogP contribution in [0.4, 0.5) is 19.0 Å². The van der Waals surface area contributed by atoms with Crippen molar-refractivity contribution in [1.29, 1.82) is 0 Å². The molecule has 1 atom stereocenters.